The van der Waals surface area contributed by atoms with Crippen molar-refractivity contribution in [1.29, 1.82) is 0 Å². The Morgan fingerprint density at radius 1 is 1.45 bits per heavy atom. The largest absolute Gasteiger partial charge is 0.504 e. The number of carbonyl (C=O) groups is 1. The molecular formula is C15H21NO4. The van der Waals surface area contributed by atoms with Gasteiger partial charge < -0.3 is 14.9 Å². The maximum atomic E-state index is 10.7. The minimum Gasteiger partial charge on any atom is -0.504 e. The first-order valence-corrected chi connectivity index (χ1v) is 7.01. The van der Waals surface area contributed by atoms with E-state index >= 15 is 0 Å². The highest BCUT2D eigenvalue weighted by atomic mass is 16.5. The molecule has 0 saturated heterocycles. The molecule has 1 fully saturated rings. The average Bonchev–Trinajstić information content (AvgIpc) is 3.23. The Balaban J connectivity index is 2.06. The van der Waals surface area contributed by atoms with E-state index < -0.39 is 5.97 Å². The third kappa shape index (κ3) is 3.87. The summed E-state index contributed by atoms with van der Waals surface area (Å²) in [5.41, 5.74) is 0.785. The molecule has 1 saturated carbocycles. The Kier molecular flexibility index (Phi) is 4.84. The number of hydrogen-bond acceptors (Lipinski definition) is 4. The quantitative estimate of drug-likeness (QED) is 0.763. The number of rotatable bonds is 8. The Morgan fingerprint density at radius 3 is 2.80 bits per heavy atom. The van der Waals surface area contributed by atoms with Gasteiger partial charge in [-0.2, -0.15) is 0 Å². The van der Waals surface area contributed by atoms with Crippen molar-refractivity contribution in [2.75, 3.05) is 13.2 Å². The topological polar surface area (TPSA) is 70.0 Å². The first-order valence-electron chi connectivity index (χ1n) is 7.01. The van der Waals surface area contributed by atoms with Crippen LogP contribution in [0.1, 0.15) is 31.7 Å². The zero-order chi connectivity index (χ0) is 14.5. The molecule has 2 rings (SSSR count). The van der Waals surface area contributed by atoms with Crippen LogP contribution in [0.2, 0.25) is 0 Å². The van der Waals surface area contributed by atoms with Gasteiger partial charge in [0.25, 0.3) is 0 Å². The zero-order valence-corrected chi connectivity index (χ0v) is 11.7. The summed E-state index contributed by atoms with van der Waals surface area (Å²) < 4.78 is 5.37. The number of aromatic hydroxyl groups is 1. The van der Waals surface area contributed by atoms with Gasteiger partial charge in [-0.1, -0.05) is 12.1 Å². The molecule has 0 heterocycles. The van der Waals surface area contributed by atoms with E-state index in [-0.39, 0.29) is 12.2 Å². The summed E-state index contributed by atoms with van der Waals surface area (Å²) in [4.78, 5) is 12.8. The third-order valence-corrected chi connectivity index (χ3v) is 3.43. The Morgan fingerprint density at radius 2 is 2.20 bits per heavy atom. The predicted octanol–water partition coefficient (Wildman–Crippen LogP) is 2.23. The van der Waals surface area contributed by atoms with E-state index in [1.165, 1.54) is 0 Å². The summed E-state index contributed by atoms with van der Waals surface area (Å²) in [5, 5.41) is 19.0. The van der Waals surface area contributed by atoms with Crippen molar-refractivity contribution in [1.82, 2.24) is 4.90 Å². The molecule has 0 aliphatic heterocycles. The van der Waals surface area contributed by atoms with Crippen molar-refractivity contribution in [3.05, 3.63) is 23.8 Å². The van der Waals surface area contributed by atoms with Crippen LogP contribution in [0.15, 0.2) is 18.2 Å². The lowest BCUT2D eigenvalue weighted by molar-refractivity contribution is -0.137. The molecule has 0 atom stereocenters. The molecule has 1 aliphatic carbocycles. The van der Waals surface area contributed by atoms with E-state index in [1.807, 2.05) is 19.1 Å². The van der Waals surface area contributed by atoms with Crippen molar-refractivity contribution in [2.24, 2.45) is 0 Å². The molecule has 5 nitrogen and oxygen atoms in total. The van der Waals surface area contributed by atoms with Crippen LogP contribution in [-0.4, -0.2) is 40.3 Å². The molecule has 0 amide bonds. The van der Waals surface area contributed by atoms with Gasteiger partial charge in [-0.05, 0) is 25.8 Å². The van der Waals surface area contributed by atoms with Gasteiger partial charge in [0.15, 0.2) is 11.5 Å². The molecule has 1 aliphatic rings. The first kappa shape index (κ1) is 14.7. The Bertz CT molecular complexity index is 471. The van der Waals surface area contributed by atoms with Crippen molar-refractivity contribution < 1.29 is 19.7 Å². The van der Waals surface area contributed by atoms with Gasteiger partial charge in [0, 0.05) is 24.7 Å². The second-order valence-electron chi connectivity index (χ2n) is 5.04. The smallest absolute Gasteiger partial charge is 0.304 e. The lowest BCUT2D eigenvalue weighted by atomic mass is 10.1. The highest BCUT2D eigenvalue weighted by molar-refractivity contribution is 5.66. The minimum absolute atomic E-state index is 0.127. The number of ether oxygens (including phenoxy) is 1. The molecule has 0 spiro atoms. The van der Waals surface area contributed by atoms with Gasteiger partial charge in [-0.25, -0.2) is 0 Å². The lowest BCUT2D eigenvalue weighted by Crippen LogP contribution is -2.28. The molecule has 0 unspecified atom stereocenters. The molecule has 1 aromatic rings. The van der Waals surface area contributed by atoms with E-state index in [0.29, 0.717) is 31.5 Å². The number of nitrogens with zero attached hydrogens (tertiary/aromatic N) is 1. The standard InChI is InChI=1S/C15H21NO4/c1-2-20-13-5-3-4-11(15(13)19)10-16(12-6-7-12)9-8-14(17)18/h3-5,12,19H,2,6-10H2,1H3,(H,17,18). The normalized spacial score (nSPS) is 14.5. The molecule has 20 heavy (non-hydrogen) atoms. The highest BCUT2D eigenvalue weighted by Crippen LogP contribution is 2.34. The molecular weight excluding hydrogens is 258 g/mol. The van der Waals surface area contributed by atoms with Gasteiger partial charge >= 0.3 is 5.97 Å². The number of carboxylic acid groups (broad SMARTS) is 1. The third-order valence-electron chi connectivity index (χ3n) is 3.43. The van der Waals surface area contributed by atoms with Crippen LogP contribution in [-0.2, 0) is 11.3 Å². The maximum Gasteiger partial charge on any atom is 0.304 e. The number of benzene rings is 1. The van der Waals surface area contributed by atoms with Gasteiger partial charge in [-0.15, -0.1) is 0 Å². The van der Waals surface area contributed by atoms with Crippen LogP contribution >= 0.6 is 0 Å². The molecule has 2 N–H and O–H groups in total. The first-order chi connectivity index (χ1) is 9.61. The van der Waals surface area contributed by atoms with E-state index in [0.717, 1.165) is 18.4 Å². The highest BCUT2D eigenvalue weighted by Gasteiger charge is 2.29. The van der Waals surface area contributed by atoms with E-state index in [2.05, 4.69) is 4.90 Å². The van der Waals surface area contributed by atoms with Gasteiger partial charge in [-0.3, -0.25) is 9.69 Å². The lowest BCUT2D eigenvalue weighted by Gasteiger charge is -2.22. The van der Waals surface area contributed by atoms with Gasteiger partial charge in [0.1, 0.15) is 0 Å². The van der Waals surface area contributed by atoms with Crippen molar-refractivity contribution in [2.45, 2.75) is 38.8 Å². The van der Waals surface area contributed by atoms with Crippen LogP contribution in [0.4, 0.5) is 0 Å². The summed E-state index contributed by atoms with van der Waals surface area (Å²) in [6.07, 6.45) is 2.33. The number of phenolic OH excluding ortho intramolecular Hbond substituents is 1. The fourth-order valence-corrected chi connectivity index (χ4v) is 2.26. The van der Waals surface area contributed by atoms with E-state index in [4.69, 9.17) is 9.84 Å². The number of hydrogen-bond donors (Lipinski definition) is 2. The van der Waals surface area contributed by atoms with Crippen molar-refractivity contribution in [3.8, 4) is 11.5 Å². The molecule has 5 heteroatoms. The van der Waals surface area contributed by atoms with E-state index in [1.54, 1.807) is 6.07 Å². The van der Waals surface area contributed by atoms with Crippen molar-refractivity contribution >= 4 is 5.97 Å². The van der Waals surface area contributed by atoms with Gasteiger partial charge in [0.05, 0.1) is 13.0 Å². The zero-order valence-electron chi connectivity index (χ0n) is 11.7. The van der Waals surface area contributed by atoms with Crippen LogP contribution in [0.5, 0.6) is 11.5 Å². The molecule has 0 radical (unpaired) electrons. The fourth-order valence-electron chi connectivity index (χ4n) is 2.26. The summed E-state index contributed by atoms with van der Waals surface area (Å²) in [6.45, 7) is 3.45. The number of para-hydroxylation sites is 1. The summed E-state index contributed by atoms with van der Waals surface area (Å²) in [6, 6.07) is 5.89. The van der Waals surface area contributed by atoms with Crippen LogP contribution in [0.3, 0.4) is 0 Å². The van der Waals surface area contributed by atoms with Gasteiger partial charge in [0.2, 0.25) is 0 Å². The fraction of sp³-hybridized carbons (Fsp3) is 0.533. The molecule has 0 bridgehead atoms. The second kappa shape index (κ2) is 6.61. The van der Waals surface area contributed by atoms with E-state index in [9.17, 15) is 9.90 Å². The summed E-state index contributed by atoms with van der Waals surface area (Å²) >= 11 is 0. The Labute approximate surface area is 118 Å². The molecule has 0 aromatic heterocycles. The second-order valence-corrected chi connectivity index (χ2v) is 5.04. The van der Waals surface area contributed by atoms with Crippen molar-refractivity contribution in [3.63, 3.8) is 0 Å². The van der Waals surface area contributed by atoms with Crippen LogP contribution in [0, 0.1) is 0 Å². The minimum atomic E-state index is -0.789. The maximum absolute atomic E-state index is 10.7. The van der Waals surface area contributed by atoms with Crippen LogP contribution in [0.25, 0.3) is 0 Å². The SMILES string of the molecule is CCOc1cccc(CN(CCC(=O)O)C2CC2)c1O. The van der Waals surface area contributed by atoms with Crippen LogP contribution < -0.4 is 4.74 Å². The summed E-state index contributed by atoms with van der Waals surface area (Å²) in [5.74, 6) is -0.141. The predicted molar refractivity (Wildman–Crippen MR) is 75.0 cm³/mol. The Hall–Kier alpha value is -1.75. The average molecular weight is 279 g/mol. The molecule has 1 aromatic carbocycles. The molecule has 110 valence electrons. The summed E-state index contributed by atoms with van der Waals surface area (Å²) in [7, 11) is 0. The monoisotopic (exact) mass is 279 g/mol. The number of aliphatic carboxylic acids is 1. The number of phenols is 1. The number of carboxylic acids is 1.